The van der Waals surface area contributed by atoms with Crippen molar-refractivity contribution in [3.63, 3.8) is 0 Å². The lowest BCUT2D eigenvalue weighted by Gasteiger charge is -2.29. The van der Waals surface area contributed by atoms with Gasteiger partial charge in [0.25, 0.3) is 0 Å². The second-order valence-electron chi connectivity index (χ2n) is 3.53. The first-order valence-corrected chi connectivity index (χ1v) is 6.24. The van der Waals surface area contributed by atoms with E-state index in [2.05, 4.69) is 17.0 Å². The molecule has 0 unspecified atom stereocenters. The average molecular weight is 242 g/mol. The van der Waals surface area contributed by atoms with E-state index in [0.717, 1.165) is 36.9 Å². The summed E-state index contributed by atoms with van der Waals surface area (Å²) in [5, 5.41) is 0.835. The van der Waals surface area contributed by atoms with E-state index < -0.39 is 0 Å². The summed E-state index contributed by atoms with van der Waals surface area (Å²) in [6.45, 7) is 9.62. The largest absolute Gasteiger partial charge is 0.378 e. The fourth-order valence-corrected chi connectivity index (χ4v) is 1.76. The lowest BCUT2D eigenvalue weighted by atomic mass is 10.2. The number of ether oxygens (including phenoxy) is 1. The summed E-state index contributed by atoms with van der Waals surface area (Å²) in [5.41, 5.74) is 2.38. The molecule has 0 atom stereocenters. The molecule has 2 rings (SSSR count). The Hall–Kier alpha value is -0.730. The SMILES string of the molecule is CC.Cc1cc(N2CCOCC2)ccc1Cl. The van der Waals surface area contributed by atoms with Crippen LogP contribution < -0.4 is 4.90 Å². The van der Waals surface area contributed by atoms with Gasteiger partial charge in [0, 0.05) is 23.8 Å². The maximum atomic E-state index is 5.98. The van der Waals surface area contributed by atoms with E-state index in [0.29, 0.717) is 0 Å². The molecule has 1 heterocycles. The first-order chi connectivity index (χ1) is 7.77. The first kappa shape index (κ1) is 13.3. The number of aryl methyl sites for hydroxylation is 1. The zero-order valence-electron chi connectivity index (χ0n) is 10.3. The number of morpholine rings is 1. The van der Waals surface area contributed by atoms with Crippen LogP contribution in [0, 0.1) is 6.92 Å². The molecule has 0 bridgehead atoms. The number of anilines is 1. The van der Waals surface area contributed by atoms with Crippen LogP contribution in [-0.2, 0) is 4.74 Å². The Morgan fingerprint density at radius 1 is 1.19 bits per heavy atom. The fraction of sp³-hybridized carbons (Fsp3) is 0.538. The average Bonchev–Trinajstić information content (AvgIpc) is 2.36. The maximum absolute atomic E-state index is 5.98. The summed E-state index contributed by atoms with van der Waals surface area (Å²) in [6, 6.07) is 6.16. The number of hydrogen-bond acceptors (Lipinski definition) is 2. The molecule has 0 spiro atoms. The molecular weight excluding hydrogens is 222 g/mol. The van der Waals surface area contributed by atoms with Crippen LogP contribution >= 0.6 is 11.6 Å². The zero-order chi connectivity index (χ0) is 12.0. The van der Waals surface area contributed by atoms with Crippen molar-refractivity contribution < 1.29 is 4.74 Å². The van der Waals surface area contributed by atoms with Crippen LogP contribution in [0.2, 0.25) is 5.02 Å². The molecule has 0 amide bonds. The first-order valence-electron chi connectivity index (χ1n) is 5.86. The Labute approximate surface area is 103 Å². The molecule has 1 saturated heterocycles. The monoisotopic (exact) mass is 241 g/mol. The van der Waals surface area contributed by atoms with Gasteiger partial charge in [0.15, 0.2) is 0 Å². The molecule has 2 nitrogen and oxygen atoms in total. The van der Waals surface area contributed by atoms with E-state index in [-0.39, 0.29) is 0 Å². The molecule has 1 fully saturated rings. The molecule has 1 aliphatic rings. The van der Waals surface area contributed by atoms with E-state index in [1.807, 2.05) is 26.8 Å². The van der Waals surface area contributed by atoms with Crippen molar-refractivity contribution in [2.75, 3.05) is 31.2 Å². The van der Waals surface area contributed by atoms with Crippen LogP contribution in [0.1, 0.15) is 19.4 Å². The summed E-state index contributed by atoms with van der Waals surface area (Å²) in [4.78, 5) is 2.33. The smallest absolute Gasteiger partial charge is 0.0642 e. The van der Waals surface area contributed by atoms with Crippen molar-refractivity contribution >= 4 is 17.3 Å². The minimum absolute atomic E-state index is 0.821. The van der Waals surface area contributed by atoms with Gasteiger partial charge in [0.2, 0.25) is 0 Å². The number of halogens is 1. The lowest BCUT2D eigenvalue weighted by Crippen LogP contribution is -2.36. The molecule has 1 aromatic carbocycles. The van der Waals surface area contributed by atoms with Crippen LogP contribution in [0.25, 0.3) is 0 Å². The molecule has 1 aliphatic heterocycles. The second kappa shape index (κ2) is 6.77. The second-order valence-corrected chi connectivity index (χ2v) is 3.94. The van der Waals surface area contributed by atoms with Gasteiger partial charge >= 0.3 is 0 Å². The predicted octanol–water partition coefficient (Wildman–Crippen LogP) is 3.51. The highest BCUT2D eigenvalue weighted by Gasteiger charge is 2.11. The molecule has 0 radical (unpaired) electrons. The van der Waals surface area contributed by atoms with Crippen LogP contribution in [0.3, 0.4) is 0 Å². The van der Waals surface area contributed by atoms with Gasteiger partial charge in [-0.1, -0.05) is 25.4 Å². The molecule has 0 saturated carbocycles. The number of hydrogen-bond donors (Lipinski definition) is 0. The van der Waals surface area contributed by atoms with E-state index >= 15 is 0 Å². The maximum Gasteiger partial charge on any atom is 0.0642 e. The van der Waals surface area contributed by atoms with Gasteiger partial charge in [0.1, 0.15) is 0 Å². The molecule has 90 valence electrons. The number of rotatable bonds is 1. The van der Waals surface area contributed by atoms with Crippen molar-refractivity contribution in [1.29, 1.82) is 0 Å². The van der Waals surface area contributed by atoms with Crippen molar-refractivity contribution in [3.05, 3.63) is 28.8 Å². The van der Waals surface area contributed by atoms with Gasteiger partial charge in [-0.25, -0.2) is 0 Å². The third-order valence-corrected chi connectivity index (χ3v) is 2.94. The van der Waals surface area contributed by atoms with Gasteiger partial charge in [-0.15, -0.1) is 0 Å². The van der Waals surface area contributed by atoms with Crippen molar-refractivity contribution in [1.82, 2.24) is 0 Å². The van der Waals surface area contributed by atoms with Crippen LogP contribution in [0.15, 0.2) is 18.2 Å². The van der Waals surface area contributed by atoms with Crippen molar-refractivity contribution in [3.8, 4) is 0 Å². The van der Waals surface area contributed by atoms with Crippen molar-refractivity contribution in [2.45, 2.75) is 20.8 Å². The lowest BCUT2D eigenvalue weighted by molar-refractivity contribution is 0.122. The predicted molar refractivity (Wildman–Crippen MR) is 70.6 cm³/mol. The Morgan fingerprint density at radius 2 is 1.81 bits per heavy atom. The minimum atomic E-state index is 0.821. The molecule has 0 aliphatic carbocycles. The number of benzene rings is 1. The number of nitrogens with zero attached hydrogens (tertiary/aromatic N) is 1. The molecule has 1 aromatic rings. The van der Waals surface area contributed by atoms with Gasteiger partial charge in [-0.05, 0) is 30.7 Å². The highest BCUT2D eigenvalue weighted by atomic mass is 35.5. The van der Waals surface area contributed by atoms with Crippen LogP contribution in [-0.4, -0.2) is 26.3 Å². The fourth-order valence-electron chi connectivity index (χ4n) is 1.65. The van der Waals surface area contributed by atoms with E-state index in [9.17, 15) is 0 Å². The summed E-state index contributed by atoms with van der Waals surface area (Å²) in [7, 11) is 0. The van der Waals surface area contributed by atoms with Gasteiger partial charge in [-0.2, -0.15) is 0 Å². The highest BCUT2D eigenvalue weighted by Crippen LogP contribution is 2.22. The third kappa shape index (κ3) is 3.39. The van der Waals surface area contributed by atoms with Crippen LogP contribution in [0.5, 0.6) is 0 Å². The highest BCUT2D eigenvalue weighted by molar-refractivity contribution is 6.31. The molecular formula is C13H20ClNO. The molecule has 16 heavy (non-hydrogen) atoms. The molecule has 3 heteroatoms. The Bertz CT molecular complexity index is 322. The Kier molecular flexibility index (Phi) is 5.64. The van der Waals surface area contributed by atoms with Crippen molar-refractivity contribution in [2.24, 2.45) is 0 Å². The minimum Gasteiger partial charge on any atom is -0.378 e. The van der Waals surface area contributed by atoms with Gasteiger partial charge < -0.3 is 9.64 Å². The quantitative estimate of drug-likeness (QED) is 0.746. The van der Waals surface area contributed by atoms with Gasteiger partial charge in [-0.3, -0.25) is 0 Å². The Morgan fingerprint density at radius 3 is 2.38 bits per heavy atom. The van der Waals surface area contributed by atoms with E-state index in [4.69, 9.17) is 16.3 Å². The molecule has 0 aromatic heterocycles. The standard InChI is InChI=1S/C11H14ClNO.C2H6/c1-9-8-10(2-3-11(9)12)13-4-6-14-7-5-13;1-2/h2-3,8H,4-7H2,1H3;1-2H3. The van der Waals surface area contributed by atoms with E-state index in [1.54, 1.807) is 0 Å². The topological polar surface area (TPSA) is 12.5 Å². The summed E-state index contributed by atoms with van der Waals surface area (Å²) in [6.07, 6.45) is 0. The summed E-state index contributed by atoms with van der Waals surface area (Å²) < 4.78 is 5.31. The van der Waals surface area contributed by atoms with Gasteiger partial charge in [0.05, 0.1) is 13.2 Å². The Balaban J connectivity index is 0.000000606. The summed E-state index contributed by atoms with van der Waals surface area (Å²) >= 11 is 5.98. The normalized spacial score (nSPS) is 15.4. The van der Waals surface area contributed by atoms with E-state index in [1.165, 1.54) is 5.69 Å². The third-order valence-electron chi connectivity index (χ3n) is 2.52. The zero-order valence-corrected chi connectivity index (χ0v) is 11.0. The molecule has 0 N–H and O–H groups in total. The van der Waals surface area contributed by atoms with Crippen LogP contribution in [0.4, 0.5) is 5.69 Å². The summed E-state index contributed by atoms with van der Waals surface area (Å²) in [5.74, 6) is 0.